The third-order valence-corrected chi connectivity index (χ3v) is 4.43. The van der Waals surface area contributed by atoms with Gasteiger partial charge in [-0.2, -0.15) is 0 Å². The first kappa shape index (κ1) is 13.1. The average molecular weight is 262 g/mol. The van der Waals surface area contributed by atoms with E-state index in [2.05, 4.69) is 16.3 Å². The van der Waals surface area contributed by atoms with Gasteiger partial charge in [-0.05, 0) is 36.5 Å². The Hall–Kier alpha value is -0.930. The Kier molecular flexibility index (Phi) is 3.85. The van der Waals surface area contributed by atoms with Gasteiger partial charge in [0.2, 0.25) is 0 Å². The molecule has 1 atom stereocenters. The Morgan fingerprint density at radius 1 is 1.32 bits per heavy atom. The summed E-state index contributed by atoms with van der Waals surface area (Å²) in [5.74, 6) is 0.803. The molecule has 2 nitrogen and oxygen atoms in total. The lowest BCUT2D eigenvalue weighted by Gasteiger charge is -2.35. The summed E-state index contributed by atoms with van der Waals surface area (Å²) >= 11 is 0. The van der Waals surface area contributed by atoms with E-state index in [0.717, 1.165) is 43.2 Å². The van der Waals surface area contributed by atoms with E-state index in [9.17, 15) is 4.39 Å². The van der Waals surface area contributed by atoms with Crippen LogP contribution in [-0.2, 0) is 0 Å². The number of nitrogens with one attached hydrogen (secondary N) is 1. The van der Waals surface area contributed by atoms with E-state index in [1.54, 1.807) is 6.07 Å². The van der Waals surface area contributed by atoms with Crippen molar-refractivity contribution in [2.45, 2.75) is 32.2 Å². The van der Waals surface area contributed by atoms with Crippen LogP contribution in [0.25, 0.3) is 0 Å². The smallest absolute Gasteiger partial charge is 0.126 e. The zero-order valence-corrected chi connectivity index (χ0v) is 11.7. The Bertz CT molecular complexity index is 436. The molecule has 0 unspecified atom stereocenters. The lowest BCUT2D eigenvalue weighted by molar-refractivity contribution is 0.160. The molecule has 1 saturated carbocycles. The molecule has 1 saturated heterocycles. The lowest BCUT2D eigenvalue weighted by atomic mass is 9.97. The van der Waals surface area contributed by atoms with Crippen LogP contribution in [0.4, 0.5) is 4.39 Å². The van der Waals surface area contributed by atoms with Gasteiger partial charge in [-0.25, -0.2) is 4.39 Å². The number of benzene rings is 1. The van der Waals surface area contributed by atoms with E-state index < -0.39 is 0 Å². The highest BCUT2D eigenvalue weighted by Crippen LogP contribution is 2.40. The van der Waals surface area contributed by atoms with E-state index in [1.807, 2.05) is 13.0 Å². The molecule has 19 heavy (non-hydrogen) atoms. The van der Waals surface area contributed by atoms with Gasteiger partial charge in [0.15, 0.2) is 0 Å². The second-order valence-corrected chi connectivity index (χ2v) is 5.99. The molecule has 104 valence electrons. The summed E-state index contributed by atoms with van der Waals surface area (Å²) in [5.41, 5.74) is 1.91. The van der Waals surface area contributed by atoms with Gasteiger partial charge >= 0.3 is 0 Å². The summed E-state index contributed by atoms with van der Waals surface area (Å²) in [7, 11) is 0. The van der Waals surface area contributed by atoms with E-state index in [4.69, 9.17) is 0 Å². The van der Waals surface area contributed by atoms with E-state index in [-0.39, 0.29) is 5.82 Å². The Morgan fingerprint density at radius 2 is 2.05 bits per heavy atom. The fourth-order valence-corrected chi connectivity index (χ4v) is 2.98. The van der Waals surface area contributed by atoms with Crippen LogP contribution in [0.3, 0.4) is 0 Å². The SMILES string of the molecule is Cc1ccc([C@@H](CC2CC2)N2CCNCC2)cc1F. The summed E-state index contributed by atoms with van der Waals surface area (Å²) in [5, 5.41) is 3.39. The fraction of sp³-hybridized carbons (Fsp3) is 0.625. The van der Waals surface area contributed by atoms with Crippen molar-refractivity contribution in [1.82, 2.24) is 10.2 Å². The van der Waals surface area contributed by atoms with Crippen molar-refractivity contribution in [3.63, 3.8) is 0 Å². The average Bonchev–Trinajstić information content (AvgIpc) is 3.24. The minimum absolute atomic E-state index is 0.0616. The molecule has 1 heterocycles. The molecule has 0 radical (unpaired) electrons. The quantitative estimate of drug-likeness (QED) is 0.897. The number of hydrogen-bond donors (Lipinski definition) is 1. The molecule has 1 aromatic rings. The van der Waals surface area contributed by atoms with Crippen LogP contribution in [0.2, 0.25) is 0 Å². The van der Waals surface area contributed by atoms with Crippen molar-refractivity contribution in [2.75, 3.05) is 26.2 Å². The molecular weight excluding hydrogens is 239 g/mol. The third-order valence-electron chi connectivity index (χ3n) is 4.43. The molecule has 3 heteroatoms. The van der Waals surface area contributed by atoms with Gasteiger partial charge in [0, 0.05) is 32.2 Å². The Morgan fingerprint density at radius 3 is 2.68 bits per heavy atom. The second-order valence-electron chi connectivity index (χ2n) is 5.99. The van der Waals surface area contributed by atoms with Crippen LogP contribution < -0.4 is 5.32 Å². The molecule has 0 aromatic heterocycles. The minimum Gasteiger partial charge on any atom is -0.314 e. The van der Waals surface area contributed by atoms with Crippen molar-refractivity contribution >= 4 is 0 Å². The number of hydrogen-bond acceptors (Lipinski definition) is 2. The van der Waals surface area contributed by atoms with Crippen LogP contribution in [0, 0.1) is 18.7 Å². The molecule has 2 fully saturated rings. The topological polar surface area (TPSA) is 15.3 Å². The standard InChI is InChI=1S/C16H23FN2/c1-12-2-5-14(11-15(12)17)16(10-13-3-4-13)19-8-6-18-7-9-19/h2,5,11,13,16,18H,3-4,6-10H2,1H3/t16-/m1/s1. The number of aryl methyl sites for hydroxylation is 1. The molecule has 0 spiro atoms. The molecule has 0 bridgehead atoms. The van der Waals surface area contributed by atoms with Crippen molar-refractivity contribution < 1.29 is 4.39 Å². The highest BCUT2D eigenvalue weighted by molar-refractivity contribution is 5.26. The summed E-state index contributed by atoms with van der Waals surface area (Å²) < 4.78 is 13.8. The van der Waals surface area contributed by atoms with Gasteiger partial charge in [0.25, 0.3) is 0 Å². The summed E-state index contributed by atoms with van der Waals surface area (Å²) in [4.78, 5) is 2.53. The molecule has 1 N–H and O–H groups in total. The number of rotatable bonds is 4. The summed E-state index contributed by atoms with van der Waals surface area (Å²) in [6.07, 6.45) is 3.91. The first-order valence-electron chi connectivity index (χ1n) is 7.45. The number of nitrogens with zero attached hydrogens (tertiary/aromatic N) is 1. The van der Waals surface area contributed by atoms with Gasteiger partial charge in [-0.1, -0.05) is 25.0 Å². The maximum absolute atomic E-state index is 13.8. The molecule has 1 aromatic carbocycles. The molecule has 1 aliphatic carbocycles. The van der Waals surface area contributed by atoms with E-state index >= 15 is 0 Å². The highest BCUT2D eigenvalue weighted by Gasteiger charge is 2.30. The second kappa shape index (κ2) is 5.59. The fourth-order valence-electron chi connectivity index (χ4n) is 2.98. The van der Waals surface area contributed by atoms with Crippen molar-refractivity contribution in [3.05, 3.63) is 35.1 Å². The van der Waals surface area contributed by atoms with E-state index in [0.29, 0.717) is 6.04 Å². The van der Waals surface area contributed by atoms with Crippen LogP contribution in [-0.4, -0.2) is 31.1 Å². The first-order valence-corrected chi connectivity index (χ1v) is 7.45. The van der Waals surface area contributed by atoms with Crippen LogP contribution in [0.1, 0.15) is 36.4 Å². The Balaban J connectivity index is 1.81. The molecule has 3 rings (SSSR count). The maximum atomic E-state index is 13.8. The zero-order chi connectivity index (χ0) is 13.2. The summed E-state index contributed by atoms with van der Waals surface area (Å²) in [6.45, 7) is 6.09. The molecular formula is C16H23FN2. The van der Waals surface area contributed by atoms with Gasteiger partial charge in [-0.3, -0.25) is 4.90 Å². The minimum atomic E-state index is -0.0616. The Labute approximate surface area is 115 Å². The highest BCUT2D eigenvalue weighted by atomic mass is 19.1. The zero-order valence-electron chi connectivity index (χ0n) is 11.7. The normalized spacial score (nSPS) is 22.4. The van der Waals surface area contributed by atoms with Crippen molar-refractivity contribution in [3.8, 4) is 0 Å². The number of piperazine rings is 1. The van der Waals surface area contributed by atoms with Crippen LogP contribution >= 0.6 is 0 Å². The van der Waals surface area contributed by atoms with Crippen molar-refractivity contribution in [2.24, 2.45) is 5.92 Å². The van der Waals surface area contributed by atoms with Gasteiger partial charge in [0.05, 0.1) is 0 Å². The first-order chi connectivity index (χ1) is 9.24. The molecule has 1 aliphatic heterocycles. The molecule has 0 amide bonds. The van der Waals surface area contributed by atoms with Gasteiger partial charge < -0.3 is 5.32 Å². The van der Waals surface area contributed by atoms with Crippen molar-refractivity contribution in [1.29, 1.82) is 0 Å². The van der Waals surface area contributed by atoms with Crippen LogP contribution in [0.5, 0.6) is 0 Å². The van der Waals surface area contributed by atoms with Gasteiger partial charge in [-0.15, -0.1) is 0 Å². The largest absolute Gasteiger partial charge is 0.314 e. The number of halogens is 1. The molecule has 2 aliphatic rings. The van der Waals surface area contributed by atoms with Gasteiger partial charge in [0.1, 0.15) is 5.82 Å². The maximum Gasteiger partial charge on any atom is 0.126 e. The predicted octanol–water partition coefficient (Wildman–Crippen LogP) is 2.88. The monoisotopic (exact) mass is 262 g/mol. The van der Waals surface area contributed by atoms with E-state index in [1.165, 1.54) is 19.3 Å². The van der Waals surface area contributed by atoms with Crippen LogP contribution in [0.15, 0.2) is 18.2 Å². The predicted molar refractivity (Wildman–Crippen MR) is 75.7 cm³/mol. The lowest BCUT2D eigenvalue weighted by Crippen LogP contribution is -2.45. The third kappa shape index (κ3) is 3.15. The summed E-state index contributed by atoms with van der Waals surface area (Å²) in [6, 6.07) is 6.20.